The highest BCUT2D eigenvalue weighted by atomic mass is 16.5. The van der Waals surface area contributed by atoms with Gasteiger partial charge in [0.05, 0.1) is 24.5 Å². The third kappa shape index (κ3) is 2.31. The van der Waals surface area contributed by atoms with Gasteiger partial charge in [0.1, 0.15) is 12.4 Å². The van der Waals surface area contributed by atoms with E-state index in [-0.39, 0.29) is 18.4 Å². The van der Waals surface area contributed by atoms with E-state index in [9.17, 15) is 4.79 Å². The van der Waals surface area contributed by atoms with Crippen molar-refractivity contribution < 1.29 is 9.53 Å². The summed E-state index contributed by atoms with van der Waals surface area (Å²) in [6, 6.07) is 7.70. The zero-order valence-electron chi connectivity index (χ0n) is 10.6. The van der Waals surface area contributed by atoms with E-state index in [1.807, 2.05) is 31.2 Å². The quantitative estimate of drug-likeness (QED) is 0.875. The molecule has 0 radical (unpaired) electrons. The lowest BCUT2D eigenvalue weighted by molar-refractivity contribution is -0.121. The zero-order valence-corrected chi connectivity index (χ0v) is 10.6. The van der Waals surface area contributed by atoms with Crippen LogP contribution in [0.15, 0.2) is 30.6 Å². The van der Waals surface area contributed by atoms with Gasteiger partial charge in [0.15, 0.2) is 0 Å². The summed E-state index contributed by atoms with van der Waals surface area (Å²) in [4.78, 5) is 19.1. The number of aryl methyl sites for hydroxylation is 1. The molecule has 2 N–H and O–H groups in total. The number of ether oxygens (including phenoxy) is 1. The first-order valence-corrected chi connectivity index (χ1v) is 6.24. The van der Waals surface area contributed by atoms with E-state index in [4.69, 9.17) is 4.74 Å². The Labute approximate surface area is 111 Å². The van der Waals surface area contributed by atoms with Crippen LogP contribution in [0.5, 0.6) is 5.75 Å². The Morgan fingerprint density at radius 2 is 2.37 bits per heavy atom. The molecule has 0 saturated carbocycles. The van der Waals surface area contributed by atoms with Crippen molar-refractivity contribution in [1.29, 1.82) is 0 Å². The normalized spacial score (nSPS) is 16.8. The number of nitrogens with zero attached hydrogens (tertiary/aromatic N) is 1. The van der Waals surface area contributed by atoms with E-state index in [2.05, 4.69) is 15.3 Å². The standard InChI is InChI=1S/C14H15N3O2/c1-9-11(16-8-15-9)6-14(18)17-12-7-19-13-5-3-2-4-10(12)13/h2-5,8,12H,6-7H2,1H3,(H,15,16)(H,17,18). The molecule has 0 bridgehead atoms. The summed E-state index contributed by atoms with van der Waals surface area (Å²) >= 11 is 0. The Hall–Kier alpha value is -2.30. The van der Waals surface area contributed by atoms with E-state index >= 15 is 0 Å². The monoisotopic (exact) mass is 257 g/mol. The fourth-order valence-electron chi connectivity index (χ4n) is 2.24. The predicted octanol–water partition coefficient (Wildman–Crippen LogP) is 1.51. The molecular formula is C14H15N3O2. The first kappa shape index (κ1) is 11.8. The second-order valence-corrected chi connectivity index (χ2v) is 4.62. The minimum atomic E-state index is -0.0667. The average Bonchev–Trinajstić information content (AvgIpc) is 2.98. The number of rotatable bonds is 3. The molecule has 1 amide bonds. The number of para-hydroxylation sites is 1. The fraction of sp³-hybridized carbons (Fsp3) is 0.286. The highest BCUT2D eigenvalue weighted by molar-refractivity contribution is 5.79. The minimum absolute atomic E-state index is 0.0412. The van der Waals surface area contributed by atoms with Crippen LogP contribution < -0.4 is 10.1 Å². The van der Waals surface area contributed by atoms with E-state index in [0.717, 1.165) is 22.7 Å². The molecule has 1 unspecified atom stereocenters. The number of H-pyrrole nitrogens is 1. The molecule has 98 valence electrons. The van der Waals surface area contributed by atoms with Crippen LogP contribution in [0.1, 0.15) is 23.0 Å². The lowest BCUT2D eigenvalue weighted by Gasteiger charge is -2.11. The lowest BCUT2D eigenvalue weighted by atomic mass is 10.1. The molecule has 1 aromatic carbocycles. The summed E-state index contributed by atoms with van der Waals surface area (Å²) in [7, 11) is 0. The van der Waals surface area contributed by atoms with Gasteiger partial charge in [-0.25, -0.2) is 4.98 Å². The Kier molecular flexibility index (Phi) is 2.95. The minimum Gasteiger partial charge on any atom is -0.491 e. The summed E-state index contributed by atoms with van der Waals surface area (Å²) < 4.78 is 5.53. The molecule has 0 saturated heterocycles. The maximum Gasteiger partial charge on any atom is 0.226 e. The Morgan fingerprint density at radius 1 is 1.53 bits per heavy atom. The molecule has 1 atom stereocenters. The molecule has 5 nitrogen and oxygen atoms in total. The molecular weight excluding hydrogens is 242 g/mol. The Balaban J connectivity index is 1.67. The number of benzene rings is 1. The van der Waals surface area contributed by atoms with Gasteiger partial charge in [0.2, 0.25) is 5.91 Å². The van der Waals surface area contributed by atoms with E-state index in [1.165, 1.54) is 0 Å². The second-order valence-electron chi connectivity index (χ2n) is 4.62. The number of hydrogen-bond donors (Lipinski definition) is 2. The van der Waals surface area contributed by atoms with E-state index in [0.29, 0.717) is 6.61 Å². The van der Waals surface area contributed by atoms with Crippen molar-refractivity contribution in [1.82, 2.24) is 15.3 Å². The van der Waals surface area contributed by atoms with Gasteiger partial charge in [-0.05, 0) is 13.0 Å². The number of fused-ring (bicyclic) bond motifs is 1. The van der Waals surface area contributed by atoms with Gasteiger partial charge in [0.25, 0.3) is 0 Å². The Bertz CT molecular complexity index is 606. The van der Waals surface area contributed by atoms with Crippen molar-refractivity contribution in [2.75, 3.05) is 6.61 Å². The van der Waals surface area contributed by atoms with Gasteiger partial charge in [-0.1, -0.05) is 18.2 Å². The van der Waals surface area contributed by atoms with Crippen LogP contribution in [0, 0.1) is 6.92 Å². The number of aromatic amines is 1. The summed E-state index contributed by atoms with van der Waals surface area (Å²) in [6.07, 6.45) is 1.89. The van der Waals surface area contributed by atoms with Gasteiger partial charge in [-0.15, -0.1) is 0 Å². The zero-order chi connectivity index (χ0) is 13.2. The smallest absolute Gasteiger partial charge is 0.226 e. The fourth-order valence-corrected chi connectivity index (χ4v) is 2.24. The molecule has 1 aliphatic rings. The van der Waals surface area contributed by atoms with Crippen molar-refractivity contribution in [3.05, 3.63) is 47.5 Å². The van der Waals surface area contributed by atoms with Crippen molar-refractivity contribution in [2.24, 2.45) is 0 Å². The number of hydrogen-bond acceptors (Lipinski definition) is 3. The van der Waals surface area contributed by atoms with Gasteiger partial charge >= 0.3 is 0 Å². The van der Waals surface area contributed by atoms with Crippen LogP contribution >= 0.6 is 0 Å². The third-order valence-electron chi connectivity index (χ3n) is 3.30. The third-order valence-corrected chi connectivity index (χ3v) is 3.30. The number of imidazole rings is 1. The van der Waals surface area contributed by atoms with Gasteiger partial charge in [-0.2, -0.15) is 0 Å². The SMILES string of the molecule is Cc1[nH]cnc1CC(=O)NC1COc2ccccc21. The molecule has 19 heavy (non-hydrogen) atoms. The molecule has 0 spiro atoms. The molecule has 0 fully saturated rings. The number of carbonyl (C=O) groups excluding carboxylic acids is 1. The van der Waals surface area contributed by atoms with Crippen molar-refractivity contribution in [3.8, 4) is 5.75 Å². The average molecular weight is 257 g/mol. The molecule has 0 aliphatic carbocycles. The van der Waals surface area contributed by atoms with Crippen LogP contribution in [0.25, 0.3) is 0 Å². The summed E-state index contributed by atoms with van der Waals surface area (Å²) in [5.74, 6) is 0.809. The van der Waals surface area contributed by atoms with Gasteiger partial charge in [-0.3, -0.25) is 4.79 Å². The summed E-state index contributed by atoms with van der Waals surface area (Å²) in [5.41, 5.74) is 2.75. The van der Waals surface area contributed by atoms with Crippen molar-refractivity contribution in [2.45, 2.75) is 19.4 Å². The van der Waals surface area contributed by atoms with Crippen LogP contribution in [0.2, 0.25) is 0 Å². The summed E-state index contributed by atoms with van der Waals surface area (Å²) in [5, 5.41) is 2.98. The highest BCUT2D eigenvalue weighted by Crippen LogP contribution is 2.31. The number of carbonyl (C=O) groups is 1. The Morgan fingerprint density at radius 3 is 3.16 bits per heavy atom. The predicted molar refractivity (Wildman–Crippen MR) is 69.8 cm³/mol. The van der Waals surface area contributed by atoms with Gasteiger partial charge < -0.3 is 15.0 Å². The molecule has 3 rings (SSSR count). The molecule has 2 aromatic rings. The van der Waals surface area contributed by atoms with Crippen molar-refractivity contribution in [3.63, 3.8) is 0 Å². The van der Waals surface area contributed by atoms with Crippen molar-refractivity contribution >= 4 is 5.91 Å². The van der Waals surface area contributed by atoms with Crippen LogP contribution in [-0.4, -0.2) is 22.5 Å². The maximum absolute atomic E-state index is 12.0. The van der Waals surface area contributed by atoms with E-state index in [1.54, 1.807) is 6.33 Å². The molecule has 1 aliphatic heterocycles. The second kappa shape index (κ2) is 4.76. The van der Waals surface area contributed by atoms with Gasteiger partial charge in [0, 0.05) is 11.3 Å². The van der Waals surface area contributed by atoms with E-state index < -0.39 is 0 Å². The highest BCUT2D eigenvalue weighted by Gasteiger charge is 2.25. The molecule has 5 heteroatoms. The first-order chi connectivity index (χ1) is 9.24. The van der Waals surface area contributed by atoms with Crippen LogP contribution in [0.4, 0.5) is 0 Å². The number of nitrogens with one attached hydrogen (secondary N) is 2. The topological polar surface area (TPSA) is 67.0 Å². The lowest BCUT2D eigenvalue weighted by Crippen LogP contribution is -2.30. The maximum atomic E-state index is 12.0. The summed E-state index contributed by atoms with van der Waals surface area (Å²) in [6.45, 7) is 2.40. The number of aromatic nitrogens is 2. The largest absolute Gasteiger partial charge is 0.491 e. The number of amides is 1. The molecule has 2 heterocycles. The first-order valence-electron chi connectivity index (χ1n) is 6.24. The van der Waals surface area contributed by atoms with Crippen LogP contribution in [0.3, 0.4) is 0 Å². The molecule has 1 aromatic heterocycles. The van der Waals surface area contributed by atoms with Crippen LogP contribution in [-0.2, 0) is 11.2 Å².